The average molecular weight is 222 g/mol. The minimum atomic E-state index is -2.06. The van der Waals surface area contributed by atoms with Crippen molar-refractivity contribution >= 4 is 11.8 Å². The van der Waals surface area contributed by atoms with E-state index in [1.54, 1.807) is 0 Å². The minimum absolute atomic E-state index is 0.960. The second-order valence-corrected chi connectivity index (χ2v) is 2.89. The molecule has 7 N–H and O–H groups in total. The van der Waals surface area contributed by atoms with Crippen molar-refractivity contribution in [1.82, 2.24) is 5.32 Å². The monoisotopic (exact) mass is 222 g/mol. The molecule has 0 saturated heterocycles. The quantitative estimate of drug-likeness (QED) is 0.276. The van der Waals surface area contributed by atoms with Crippen molar-refractivity contribution in [3.63, 3.8) is 0 Å². The number of aliphatic hydroxyl groups is 4. The van der Waals surface area contributed by atoms with Crippen LogP contribution < -0.4 is 11.1 Å². The van der Waals surface area contributed by atoms with Gasteiger partial charge in [-0.3, -0.25) is 9.59 Å². The van der Waals surface area contributed by atoms with E-state index >= 15 is 0 Å². The summed E-state index contributed by atoms with van der Waals surface area (Å²) >= 11 is 0. The predicted octanol–water partition coefficient (Wildman–Crippen LogP) is -4.34. The number of amides is 2. The van der Waals surface area contributed by atoms with Crippen molar-refractivity contribution in [3.05, 3.63) is 0 Å². The number of carbonyl (C=O) groups excluding carboxylic acids is 2. The Bertz CT molecular complexity index is 246. The third-order valence-electron chi connectivity index (χ3n) is 1.80. The summed E-state index contributed by atoms with van der Waals surface area (Å²) in [7, 11) is 1.20. The average Bonchev–Trinajstić information content (AvgIpc) is 2.23. The zero-order valence-corrected chi connectivity index (χ0v) is 7.99. The van der Waals surface area contributed by atoms with E-state index in [1.807, 2.05) is 5.32 Å². The van der Waals surface area contributed by atoms with Gasteiger partial charge in [0, 0.05) is 7.05 Å². The molecule has 8 nitrogen and oxygen atoms in total. The molecule has 0 aliphatic rings. The molecule has 0 unspecified atom stereocenters. The van der Waals surface area contributed by atoms with Gasteiger partial charge < -0.3 is 31.5 Å². The lowest BCUT2D eigenvalue weighted by Crippen LogP contribution is -2.53. The Morgan fingerprint density at radius 1 is 1.07 bits per heavy atom. The smallest absolute Gasteiger partial charge is 0.251 e. The van der Waals surface area contributed by atoms with E-state index in [0.717, 1.165) is 0 Å². The number of hydrogen-bond acceptors (Lipinski definition) is 6. The molecule has 0 aromatic rings. The second kappa shape index (κ2) is 5.61. The first kappa shape index (κ1) is 13.8. The Hall–Kier alpha value is -1.22. The van der Waals surface area contributed by atoms with Gasteiger partial charge in [-0.1, -0.05) is 0 Å². The molecule has 0 saturated carbocycles. The van der Waals surface area contributed by atoms with Gasteiger partial charge in [-0.25, -0.2) is 0 Å². The first-order chi connectivity index (χ1) is 6.82. The molecule has 0 radical (unpaired) electrons. The van der Waals surface area contributed by atoms with Gasteiger partial charge >= 0.3 is 0 Å². The molecule has 8 heteroatoms. The van der Waals surface area contributed by atoms with E-state index in [4.69, 9.17) is 15.3 Å². The summed E-state index contributed by atoms with van der Waals surface area (Å²) in [6.07, 6.45) is -8.06. The second-order valence-electron chi connectivity index (χ2n) is 2.89. The fraction of sp³-hybridized carbons (Fsp3) is 0.714. The molecule has 0 spiro atoms. The van der Waals surface area contributed by atoms with Gasteiger partial charge in [-0.2, -0.15) is 0 Å². The van der Waals surface area contributed by atoms with Crippen molar-refractivity contribution in [3.8, 4) is 0 Å². The highest BCUT2D eigenvalue weighted by molar-refractivity contribution is 5.82. The molecule has 0 rings (SSSR count). The Labute approximate surface area is 85.3 Å². The summed E-state index contributed by atoms with van der Waals surface area (Å²) < 4.78 is 0. The lowest BCUT2D eigenvalue weighted by Gasteiger charge is -2.23. The number of carbonyl (C=O) groups is 2. The highest BCUT2D eigenvalue weighted by Gasteiger charge is 2.36. The molecule has 0 aromatic heterocycles. The number of primary amides is 1. The fourth-order valence-electron chi connectivity index (χ4n) is 0.845. The Kier molecular flexibility index (Phi) is 5.15. The van der Waals surface area contributed by atoms with Crippen molar-refractivity contribution in [2.45, 2.75) is 24.4 Å². The van der Waals surface area contributed by atoms with Crippen LogP contribution in [0.15, 0.2) is 0 Å². The molecule has 4 atom stereocenters. The molecule has 0 aromatic carbocycles. The number of nitrogens with two attached hydrogens (primary N) is 1. The van der Waals surface area contributed by atoms with Crippen molar-refractivity contribution in [2.75, 3.05) is 7.05 Å². The maximum Gasteiger partial charge on any atom is 0.251 e. The van der Waals surface area contributed by atoms with Gasteiger partial charge in [0.1, 0.15) is 12.2 Å². The Morgan fingerprint density at radius 2 is 1.47 bits per heavy atom. The molecule has 2 amide bonds. The van der Waals surface area contributed by atoms with Crippen LogP contribution in [0, 0.1) is 0 Å². The van der Waals surface area contributed by atoms with Gasteiger partial charge in [-0.05, 0) is 0 Å². The van der Waals surface area contributed by atoms with E-state index in [2.05, 4.69) is 5.73 Å². The lowest BCUT2D eigenvalue weighted by molar-refractivity contribution is -0.153. The van der Waals surface area contributed by atoms with Crippen LogP contribution in [0.5, 0.6) is 0 Å². The Morgan fingerprint density at radius 3 is 1.80 bits per heavy atom. The third kappa shape index (κ3) is 3.44. The molecule has 0 aliphatic carbocycles. The van der Waals surface area contributed by atoms with Gasteiger partial charge in [0.05, 0.1) is 0 Å². The van der Waals surface area contributed by atoms with Gasteiger partial charge in [-0.15, -0.1) is 0 Å². The third-order valence-corrected chi connectivity index (χ3v) is 1.80. The number of likely N-dealkylation sites (N-methyl/N-ethyl adjacent to an activating group) is 1. The topological polar surface area (TPSA) is 153 Å². The van der Waals surface area contributed by atoms with Crippen LogP contribution in [0.1, 0.15) is 0 Å². The largest absolute Gasteiger partial charge is 0.387 e. The molecular weight excluding hydrogens is 208 g/mol. The van der Waals surface area contributed by atoms with Crippen molar-refractivity contribution in [2.24, 2.45) is 5.73 Å². The first-order valence-electron chi connectivity index (χ1n) is 4.06. The van der Waals surface area contributed by atoms with E-state index in [0.29, 0.717) is 0 Å². The van der Waals surface area contributed by atoms with Crippen LogP contribution in [-0.2, 0) is 9.59 Å². The zero-order valence-electron chi connectivity index (χ0n) is 7.99. The minimum Gasteiger partial charge on any atom is -0.387 e. The standard InChI is InChI=1S/C7H14N2O6/c1-9-7(15)5(13)3(11)2(10)4(12)6(8)14/h2-5,10-13H,1H3,(H2,8,14)(H,9,15)/t2-,3-,4-,5+/m0/s1. The van der Waals surface area contributed by atoms with Crippen LogP contribution in [0.2, 0.25) is 0 Å². The fourth-order valence-corrected chi connectivity index (χ4v) is 0.845. The number of hydrogen-bond donors (Lipinski definition) is 6. The highest BCUT2D eigenvalue weighted by atomic mass is 16.4. The van der Waals surface area contributed by atoms with Crippen LogP contribution in [-0.4, -0.2) is 63.7 Å². The maximum absolute atomic E-state index is 10.8. The summed E-state index contributed by atoms with van der Waals surface area (Å²) in [5.74, 6) is -2.23. The molecule has 15 heavy (non-hydrogen) atoms. The van der Waals surface area contributed by atoms with E-state index in [-0.39, 0.29) is 0 Å². The SMILES string of the molecule is CNC(=O)[C@H](O)[C@@H](O)[C@H](O)[C@H](O)C(N)=O. The number of rotatable bonds is 5. The molecule has 88 valence electrons. The number of aliphatic hydroxyl groups excluding tert-OH is 4. The summed E-state index contributed by atoms with van der Waals surface area (Å²) in [6.45, 7) is 0. The maximum atomic E-state index is 10.8. The normalized spacial score (nSPS) is 18.7. The summed E-state index contributed by atoms with van der Waals surface area (Å²) in [6, 6.07) is 0. The molecule has 0 fully saturated rings. The Balaban J connectivity index is 4.49. The van der Waals surface area contributed by atoms with E-state index < -0.39 is 36.2 Å². The van der Waals surface area contributed by atoms with E-state index in [1.165, 1.54) is 7.05 Å². The molecular formula is C7H14N2O6. The first-order valence-corrected chi connectivity index (χ1v) is 4.06. The molecule has 0 bridgehead atoms. The van der Waals surface area contributed by atoms with Crippen molar-refractivity contribution in [1.29, 1.82) is 0 Å². The molecule has 0 aliphatic heterocycles. The molecule has 0 heterocycles. The van der Waals surface area contributed by atoms with Crippen molar-refractivity contribution < 1.29 is 30.0 Å². The summed E-state index contributed by atoms with van der Waals surface area (Å²) in [5, 5.41) is 38.4. The highest BCUT2D eigenvalue weighted by Crippen LogP contribution is 2.05. The lowest BCUT2D eigenvalue weighted by atomic mass is 10.0. The van der Waals surface area contributed by atoms with Crippen LogP contribution in [0.25, 0.3) is 0 Å². The van der Waals surface area contributed by atoms with E-state index in [9.17, 15) is 14.7 Å². The zero-order chi connectivity index (χ0) is 12.2. The van der Waals surface area contributed by atoms with Gasteiger partial charge in [0.15, 0.2) is 12.2 Å². The van der Waals surface area contributed by atoms with Crippen LogP contribution >= 0.6 is 0 Å². The van der Waals surface area contributed by atoms with Gasteiger partial charge in [0.2, 0.25) is 5.91 Å². The van der Waals surface area contributed by atoms with Crippen LogP contribution in [0.4, 0.5) is 0 Å². The van der Waals surface area contributed by atoms with Gasteiger partial charge in [0.25, 0.3) is 5.91 Å². The predicted molar refractivity (Wildman–Crippen MR) is 47.3 cm³/mol. The summed E-state index contributed by atoms with van der Waals surface area (Å²) in [4.78, 5) is 21.2. The van der Waals surface area contributed by atoms with Crippen LogP contribution in [0.3, 0.4) is 0 Å². The number of nitrogens with one attached hydrogen (secondary N) is 1. The summed E-state index contributed by atoms with van der Waals surface area (Å²) in [5.41, 5.74) is 4.64.